The Kier molecular flexibility index (Phi) is 3.09. The van der Waals surface area contributed by atoms with Gasteiger partial charge in [-0.05, 0) is 30.0 Å². The number of hydrogen-bond donors (Lipinski definition) is 0. The van der Waals surface area contributed by atoms with Crippen LogP contribution in [-0.4, -0.2) is 12.6 Å². The minimum absolute atomic E-state index is 0.0291. The van der Waals surface area contributed by atoms with Gasteiger partial charge in [-0.15, -0.1) is 0 Å². The van der Waals surface area contributed by atoms with Gasteiger partial charge in [-0.2, -0.15) is 13.2 Å². The summed E-state index contributed by atoms with van der Waals surface area (Å²) in [5.41, 5.74) is 0.0919. The van der Waals surface area contributed by atoms with Crippen LogP contribution in [0.2, 0.25) is 0 Å². The Morgan fingerprint density at radius 3 is 2.35 bits per heavy atom. The first-order valence-corrected chi connectivity index (χ1v) is 5.29. The van der Waals surface area contributed by atoms with E-state index in [1.165, 1.54) is 12.1 Å². The Balaban J connectivity index is 2.15. The lowest BCUT2D eigenvalue weighted by Crippen LogP contribution is -2.19. The molecule has 1 aromatic rings. The molecular weight excluding hydrogens is 233 g/mol. The molecule has 0 saturated carbocycles. The molecule has 0 bridgehead atoms. The van der Waals surface area contributed by atoms with E-state index in [-0.39, 0.29) is 18.3 Å². The van der Waals surface area contributed by atoms with Gasteiger partial charge in [-0.3, -0.25) is 4.79 Å². The maximum Gasteiger partial charge on any atom is 0.416 e. The van der Waals surface area contributed by atoms with Crippen molar-refractivity contribution >= 4 is 5.97 Å². The van der Waals surface area contributed by atoms with E-state index in [0.717, 1.165) is 17.7 Å². The van der Waals surface area contributed by atoms with E-state index in [9.17, 15) is 18.0 Å². The van der Waals surface area contributed by atoms with Gasteiger partial charge in [0.15, 0.2) is 0 Å². The SMILES string of the molecule is O=C1C[C@@H](c2ccc(C(F)(F)F)cc2)CCO1. The van der Waals surface area contributed by atoms with Crippen LogP contribution in [0.3, 0.4) is 0 Å². The minimum atomic E-state index is -4.32. The van der Waals surface area contributed by atoms with E-state index in [2.05, 4.69) is 0 Å². The van der Waals surface area contributed by atoms with Gasteiger partial charge in [0.05, 0.1) is 18.6 Å². The molecule has 0 unspecified atom stereocenters. The number of carbonyl (C=O) groups excluding carboxylic acids is 1. The van der Waals surface area contributed by atoms with E-state index in [0.29, 0.717) is 13.0 Å². The van der Waals surface area contributed by atoms with Crippen LogP contribution in [0.5, 0.6) is 0 Å². The van der Waals surface area contributed by atoms with E-state index in [1.807, 2.05) is 0 Å². The van der Waals surface area contributed by atoms with Gasteiger partial charge < -0.3 is 4.74 Å². The standard InChI is InChI=1S/C12H11F3O2/c13-12(14,15)10-3-1-8(2-4-10)9-5-6-17-11(16)7-9/h1-4,9H,5-7H2/t9-/m0/s1. The fourth-order valence-corrected chi connectivity index (χ4v) is 1.91. The van der Waals surface area contributed by atoms with E-state index in [4.69, 9.17) is 4.74 Å². The lowest BCUT2D eigenvalue weighted by molar-refractivity contribution is -0.147. The van der Waals surface area contributed by atoms with Gasteiger partial charge in [-0.25, -0.2) is 0 Å². The van der Waals surface area contributed by atoms with Crippen LogP contribution in [0.4, 0.5) is 13.2 Å². The lowest BCUT2D eigenvalue weighted by atomic mass is 9.91. The van der Waals surface area contributed by atoms with Crippen molar-refractivity contribution in [2.24, 2.45) is 0 Å². The summed E-state index contributed by atoms with van der Waals surface area (Å²) in [6.07, 6.45) is -3.41. The fraction of sp³-hybridized carbons (Fsp3) is 0.417. The molecular formula is C12H11F3O2. The largest absolute Gasteiger partial charge is 0.466 e. The number of cyclic esters (lactones) is 1. The second-order valence-corrected chi connectivity index (χ2v) is 4.03. The third-order valence-electron chi connectivity index (χ3n) is 2.85. The molecule has 0 aliphatic carbocycles. The molecule has 92 valence electrons. The average molecular weight is 244 g/mol. The highest BCUT2D eigenvalue weighted by Crippen LogP contribution is 2.32. The first kappa shape index (κ1) is 12.0. The summed E-state index contributed by atoms with van der Waals surface area (Å²) in [6.45, 7) is 0.338. The molecule has 1 atom stereocenters. The van der Waals surface area contributed by atoms with Gasteiger partial charge in [0.25, 0.3) is 0 Å². The van der Waals surface area contributed by atoms with Crippen molar-refractivity contribution in [3.05, 3.63) is 35.4 Å². The fourth-order valence-electron chi connectivity index (χ4n) is 1.91. The summed E-state index contributed by atoms with van der Waals surface area (Å²) in [5, 5.41) is 0. The summed E-state index contributed by atoms with van der Waals surface area (Å²) in [4.78, 5) is 11.1. The van der Waals surface area contributed by atoms with Crippen LogP contribution in [0.25, 0.3) is 0 Å². The third kappa shape index (κ3) is 2.78. The molecule has 1 aromatic carbocycles. The molecule has 1 saturated heterocycles. The van der Waals surface area contributed by atoms with Crippen LogP contribution in [-0.2, 0) is 15.7 Å². The molecule has 17 heavy (non-hydrogen) atoms. The van der Waals surface area contributed by atoms with Crippen LogP contribution < -0.4 is 0 Å². The second kappa shape index (κ2) is 4.39. The van der Waals surface area contributed by atoms with Crippen LogP contribution in [0, 0.1) is 0 Å². The zero-order chi connectivity index (χ0) is 12.5. The molecule has 2 rings (SSSR count). The highest BCUT2D eigenvalue weighted by atomic mass is 19.4. The summed E-state index contributed by atoms with van der Waals surface area (Å²) in [5.74, 6) is -0.320. The first-order chi connectivity index (χ1) is 7.97. The average Bonchev–Trinajstić information content (AvgIpc) is 2.28. The van der Waals surface area contributed by atoms with E-state index >= 15 is 0 Å². The molecule has 0 spiro atoms. The van der Waals surface area contributed by atoms with Gasteiger partial charge in [0, 0.05) is 0 Å². The molecule has 1 fully saturated rings. The zero-order valence-electron chi connectivity index (χ0n) is 8.96. The van der Waals surface area contributed by atoms with E-state index in [1.54, 1.807) is 0 Å². The Bertz CT molecular complexity index is 409. The first-order valence-electron chi connectivity index (χ1n) is 5.29. The number of ether oxygens (including phenoxy) is 1. The summed E-state index contributed by atoms with van der Waals surface area (Å²) in [6, 6.07) is 4.97. The number of carbonyl (C=O) groups is 1. The number of benzene rings is 1. The monoisotopic (exact) mass is 244 g/mol. The van der Waals surface area contributed by atoms with Gasteiger partial charge in [0.1, 0.15) is 0 Å². The normalized spacial score (nSPS) is 21.1. The number of halogens is 3. The van der Waals surface area contributed by atoms with Crippen molar-refractivity contribution in [1.82, 2.24) is 0 Å². The number of alkyl halides is 3. The lowest BCUT2D eigenvalue weighted by Gasteiger charge is -2.21. The van der Waals surface area contributed by atoms with Crippen molar-refractivity contribution in [1.29, 1.82) is 0 Å². The molecule has 2 nitrogen and oxygen atoms in total. The smallest absolute Gasteiger partial charge is 0.416 e. The molecule has 0 N–H and O–H groups in total. The van der Waals surface area contributed by atoms with Gasteiger partial charge in [-0.1, -0.05) is 12.1 Å². The van der Waals surface area contributed by atoms with Crippen LogP contribution in [0.1, 0.15) is 29.9 Å². The zero-order valence-corrected chi connectivity index (χ0v) is 8.96. The maximum absolute atomic E-state index is 12.3. The number of rotatable bonds is 1. The van der Waals surface area contributed by atoms with Crippen LogP contribution >= 0.6 is 0 Å². The summed E-state index contributed by atoms with van der Waals surface area (Å²) < 4.78 is 41.8. The Morgan fingerprint density at radius 2 is 1.82 bits per heavy atom. The number of hydrogen-bond acceptors (Lipinski definition) is 2. The molecule has 0 amide bonds. The highest BCUT2D eigenvalue weighted by molar-refractivity contribution is 5.71. The molecule has 1 aliphatic rings. The quantitative estimate of drug-likeness (QED) is 0.709. The van der Waals surface area contributed by atoms with Crippen molar-refractivity contribution < 1.29 is 22.7 Å². The topological polar surface area (TPSA) is 26.3 Å². The minimum Gasteiger partial charge on any atom is -0.466 e. The molecule has 0 aromatic heterocycles. The second-order valence-electron chi connectivity index (χ2n) is 4.03. The Morgan fingerprint density at radius 1 is 1.18 bits per heavy atom. The third-order valence-corrected chi connectivity index (χ3v) is 2.85. The highest BCUT2D eigenvalue weighted by Gasteiger charge is 2.30. The van der Waals surface area contributed by atoms with Gasteiger partial charge in [0.2, 0.25) is 0 Å². The molecule has 1 heterocycles. The van der Waals surface area contributed by atoms with Crippen molar-refractivity contribution in [3.8, 4) is 0 Å². The summed E-state index contributed by atoms with van der Waals surface area (Å²) in [7, 11) is 0. The van der Waals surface area contributed by atoms with Crippen molar-refractivity contribution in [2.75, 3.05) is 6.61 Å². The molecule has 1 aliphatic heterocycles. The maximum atomic E-state index is 12.3. The number of esters is 1. The summed E-state index contributed by atoms with van der Waals surface area (Å²) >= 11 is 0. The van der Waals surface area contributed by atoms with Crippen LogP contribution in [0.15, 0.2) is 24.3 Å². The molecule has 5 heteroatoms. The Hall–Kier alpha value is -1.52. The van der Waals surface area contributed by atoms with Crippen molar-refractivity contribution in [2.45, 2.75) is 24.9 Å². The Labute approximate surface area is 96.4 Å². The predicted octanol–water partition coefficient (Wildman–Crippen LogP) is 3.13. The van der Waals surface area contributed by atoms with Crippen molar-refractivity contribution in [3.63, 3.8) is 0 Å². The van der Waals surface area contributed by atoms with E-state index < -0.39 is 11.7 Å². The predicted molar refractivity (Wildman–Crippen MR) is 54.4 cm³/mol. The van der Waals surface area contributed by atoms with Gasteiger partial charge >= 0.3 is 12.1 Å². The molecule has 0 radical (unpaired) electrons.